The fourth-order valence-corrected chi connectivity index (χ4v) is 3.65. The highest BCUT2D eigenvalue weighted by molar-refractivity contribution is 4.95. The fraction of sp³-hybridized carbons (Fsp3) is 1.00. The van der Waals surface area contributed by atoms with Crippen LogP contribution in [0.1, 0.15) is 39.5 Å². The molecule has 2 fully saturated rings. The monoisotopic (exact) mass is 254 g/mol. The minimum Gasteiger partial charge on any atom is -0.384 e. The van der Waals surface area contributed by atoms with Gasteiger partial charge in [0, 0.05) is 26.3 Å². The van der Waals surface area contributed by atoms with Gasteiger partial charge in [-0.3, -0.25) is 0 Å². The number of hydrogen-bond donors (Lipinski definition) is 1. The van der Waals surface area contributed by atoms with Crippen molar-refractivity contribution in [3.63, 3.8) is 0 Å². The van der Waals surface area contributed by atoms with E-state index < -0.39 is 0 Å². The standard InChI is InChI=1S/C15H30N2O/c1-15(2)7-4-13(14(15)16)10-17-8-5-12(6-9-17)11-18-3/h12-14H,4-11,16H2,1-3H3. The summed E-state index contributed by atoms with van der Waals surface area (Å²) in [6, 6.07) is 0.384. The zero-order valence-corrected chi connectivity index (χ0v) is 12.3. The largest absolute Gasteiger partial charge is 0.384 e. The van der Waals surface area contributed by atoms with Gasteiger partial charge in [0.05, 0.1) is 0 Å². The summed E-state index contributed by atoms with van der Waals surface area (Å²) in [5.41, 5.74) is 6.75. The molecule has 0 spiro atoms. The lowest BCUT2D eigenvalue weighted by Crippen LogP contribution is -2.44. The van der Waals surface area contributed by atoms with E-state index in [0.29, 0.717) is 17.4 Å². The Hall–Kier alpha value is -0.120. The molecular formula is C15H30N2O. The van der Waals surface area contributed by atoms with Crippen molar-refractivity contribution in [2.45, 2.75) is 45.6 Å². The molecule has 1 saturated carbocycles. The zero-order valence-electron chi connectivity index (χ0n) is 12.3. The number of rotatable bonds is 4. The number of ether oxygens (including phenoxy) is 1. The first kappa shape index (κ1) is 14.3. The van der Waals surface area contributed by atoms with Crippen LogP contribution in [-0.4, -0.2) is 44.3 Å². The van der Waals surface area contributed by atoms with E-state index in [-0.39, 0.29) is 0 Å². The third kappa shape index (κ3) is 3.25. The van der Waals surface area contributed by atoms with Crippen molar-refractivity contribution < 1.29 is 4.74 Å². The van der Waals surface area contributed by atoms with E-state index >= 15 is 0 Å². The van der Waals surface area contributed by atoms with Gasteiger partial charge in [-0.15, -0.1) is 0 Å². The summed E-state index contributed by atoms with van der Waals surface area (Å²) in [7, 11) is 1.81. The van der Waals surface area contributed by atoms with Gasteiger partial charge in [-0.2, -0.15) is 0 Å². The van der Waals surface area contributed by atoms with E-state index in [9.17, 15) is 0 Å². The topological polar surface area (TPSA) is 38.5 Å². The Morgan fingerprint density at radius 2 is 1.89 bits per heavy atom. The summed E-state index contributed by atoms with van der Waals surface area (Å²) >= 11 is 0. The first-order valence-electron chi connectivity index (χ1n) is 7.50. The number of nitrogens with zero attached hydrogens (tertiary/aromatic N) is 1. The highest BCUT2D eigenvalue weighted by atomic mass is 16.5. The Bertz CT molecular complexity index is 259. The smallest absolute Gasteiger partial charge is 0.0491 e. The van der Waals surface area contributed by atoms with Crippen LogP contribution in [0.2, 0.25) is 0 Å². The van der Waals surface area contributed by atoms with Gasteiger partial charge >= 0.3 is 0 Å². The molecule has 18 heavy (non-hydrogen) atoms. The molecule has 1 aliphatic carbocycles. The molecule has 2 aliphatic rings. The van der Waals surface area contributed by atoms with Crippen molar-refractivity contribution in [1.82, 2.24) is 4.90 Å². The number of piperidine rings is 1. The molecule has 1 aliphatic heterocycles. The molecule has 3 nitrogen and oxygen atoms in total. The van der Waals surface area contributed by atoms with Crippen LogP contribution >= 0.6 is 0 Å². The number of nitrogens with two attached hydrogens (primary N) is 1. The molecule has 0 aromatic carbocycles. The third-order valence-electron chi connectivity index (χ3n) is 5.17. The predicted octanol–water partition coefficient (Wildman–Crippen LogP) is 2.11. The molecule has 106 valence electrons. The van der Waals surface area contributed by atoms with Gasteiger partial charge in [-0.1, -0.05) is 13.8 Å². The average Bonchev–Trinajstić information content (AvgIpc) is 2.59. The molecule has 0 amide bonds. The molecule has 0 bridgehead atoms. The lowest BCUT2D eigenvalue weighted by Gasteiger charge is -2.35. The molecule has 1 heterocycles. The molecule has 0 aromatic heterocycles. The third-order valence-corrected chi connectivity index (χ3v) is 5.17. The lowest BCUT2D eigenvalue weighted by atomic mass is 9.85. The summed E-state index contributed by atoms with van der Waals surface area (Å²) in [4.78, 5) is 2.62. The number of hydrogen-bond acceptors (Lipinski definition) is 3. The quantitative estimate of drug-likeness (QED) is 0.835. The molecule has 2 atom stereocenters. The van der Waals surface area contributed by atoms with E-state index in [0.717, 1.165) is 12.5 Å². The molecule has 3 heteroatoms. The zero-order chi connectivity index (χ0) is 13.2. The highest BCUT2D eigenvalue weighted by Crippen LogP contribution is 2.40. The van der Waals surface area contributed by atoms with Crippen molar-refractivity contribution in [2.24, 2.45) is 23.0 Å². The summed E-state index contributed by atoms with van der Waals surface area (Å²) < 4.78 is 5.26. The van der Waals surface area contributed by atoms with Gasteiger partial charge in [-0.05, 0) is 56.0 Å². The molecule has 2 N–H and O–H groups in total. The van der Waals surface area contributed by atoms with Crippen LogP contribution in [0, 0.1) is 17.3 Å². The second kappa shape index (κ2) is 5.89. The van der Waals surface area contributed by atoms with E-state index in [1.54, 1.807) is 0 Å². The summed E-state index contributed by atoms with van der Waals surface area (Å²) in [6.45, 7) is 9.26. The molecule has 0 radical (unpaired) electrons. The van der Waals surface area contributed by atoms with Crippen molar-refractivity contribution in [3.05, 3.63) is 0 Å². The maximum absolute atomic E-state index is 6.40. The van der Waals surface area contributed by atoms with Gasteiger partial charge in [0.25, 0.3) is 0 Å². The Labute approximate surface area is 112 Å². The van der Waals surface area contributed by atoms with E-state index in [2.05, 4.69) is 18.7 Å². The van der Waals surface area contributed by atoms with Gasteiger partial charge in [0.15, 0.2) is 0 Å². The minimum atomic E-state index is 0.346. The van der Waals surface area contributed by atoms with Gasteiger partial charge in [0.2, 0.25) is 0 Å². The summed E-state index contributed by atoms with van der Waals surface area (Å²) in [5, 5.41) is 0. The minimum absolute atomic E-state index is 0.346. The maximum atomic E-state index is 6.40. The van der Waals surface area contributed by atoms with Gasteiger partial charge < -0.3 is 15.4 Å². The van der Waals surface area contributed by atoms with Crippen LogP contribution in [0.25, 0.3) is 0 Å². The Kier molecular flexibility index (Phi) is 4.68. The molecular weight excluding hydrogens is 224 g/mol. The van der Waals surface area contributed by atoms with Gasteiger partial charge in [0.1, 0.15) is 0 Å². The second-order valence-electron chi connectivity index (χ2n) is 7.01. The van der Waals surface area contributed by atoms with E-state index in [1.807, 2.05) is 7.11 Å². The lowest BCUT2D eigenvalue weighted by molar-refractivity contribution is 0.0900. The summed E-state index contributed by atoms with van der Waals surface area (Å²) in [6.07, 6.45) is 5.18. The predicted molar refractivity (Wildman–Crippen MR) is 75.5 cm³/mol. The van der Waals surface area contributed by atoms with Crippen LogP contribution in [-0.2, 0) is 4.74 Å². The molecule has 0 aromatic rings. The van der Waals surface area contributed by atoms with Crippen LogP contribution in [0.15, 0.2) is 0 Å². The highest BCUT2D eigenvalue weighted by Gasteiger charge is 2.40. The average molecular weight is 254 g/mol. The maximum Gasteiger partial charge on any atom is 0.0491 e. The van der Waals surface area contributed by atoms with E-state index in [1.165, 1.54) is 45.3 Å². The van der Waals surface area contributed by atoms with Crippen LogP contribution < -0.4 is 5.73 Å². The van der Waals surface area contributed by atoms with Crippen molar-refractivity contribution in [1.29, 1.82) is 0 Å². The first-order valence-corrected chi connectivity index (χ1v) is 7.50. The molecule has 1 saturated heterocycles. The Morgan fingerprint density at radius 3 is 2.39 bits per heavy atom. The normalized spacial score (nSPS) is 34.0. The fourth-order valence-electron chi connectivity index (χ4n) is 3.65. The molecule has 2 rings (SSSR count). The van der Waals surface area contributed by atoms with Crippen molar-refractivity contribution >= 4 is 0 Å². The van der Waals surface area contributed by atoms with Crippen molar-refractivity contribution in [3.8, 4) is 0 Å². The van der Waals surface area contributed by atoms with Gasteiger partial charge in [-0.25, -0.2) is 0 Å². The van der Waals surface area contributed by atoms with Crippen LogP contribution in [0.4, 0.5) is 0 Å². The second-order valence-corrected chi connectivity index (χ2v) is 7.01. The van der Waals surface area contributed by atoms with Crippen LogP contribution in [0.3, 0.4) is 0 Å². The van der Waals surface area contributed by atoms with Crippen LogP contribution in [0.5, 0.6) is 0 Å². The van der Waals surface area contributed by atoms with Crippen molar-refractivity contribution in [2.75, 3.05) is 33.4 Å². The number of likely N-dealkylation sites (tertiary alicyclic amines) is 1. The first-order chi connectivity index (χ1) is 8.53. The molecule has 2 unspecified atom stereocenters. The Morgan fingerprint density at radius 1 is 1.22 bits per heavy atom. The summed E-state index contributed by atoms with van der Waals surface area (Å²) in [5.74, 6) is 1.49. The number of methoxy groups -OCH3 is 1. The SMILES string of the molecule is COCC1CCN(CC2CCC(C)(C)C2N)CC1. The van der Waals surface area contributed by atoms with E-state index in [4.69, 9.17) is 10.5 Å². The Balaban J connectivity index is 1.75.